The van der Waals surface area contributed by atoms with Crippen LogP contribution in [0.1, 0.15) is 30.5 Å². The zero-order valence-corrected chi connectivity index (χ0v) is 17.7. The number of fused-ring (bicyclic) bond motifs is 3. The molecule has 0 saturated heterocycles. The molecule has 4 aromatic carbocycles. The molecule has 5 rings (SSSR count). The van der Waals surface area contributed by atoms with Gasteiger partial charge in [0.2, 0.25) is 0 Å². The molecule has 4 aromatic rings. The third-order valence-electron chi connectivity index (χ3n) is 6.21. The maximum Gasteiger partial charge on any atom is 0.0482 e. The summed E-state index contributed by atoms with van der Waals surface area (Å²) in [5.41, 5.74) is 16.9. The number of nitrogens with two attached hydrogens (primary N) is 1. The van der Waals surface area contributed by atoms with Crippen molar-refractivity contribution in [2.24, 2.45) is 0 Å². The molecular formula is C28H26N2. The Morgan fingerprint density at radius 2 is 1.30 bits per heavy atom. The van der Waals surface area contributed by atoms with E-state index in [1.54, 1.807) is 0 Å². The molecule has 0 fully saturated rings. The van der Waals surface area contributed by atoms with Crippen LogP contribution >= 0.6 is 0 Å². The lowest BCUT2D eigenvalue weighted by molar-refractivity contribution is 0.660. The molecular weight excluding hydrogens is 364 g/mol. The van der Waals surface area contributed by atoms with Gasteiger partial charge in [0.15, 0.2) is 0 Å². The lowest BCUT2D eigenvalue weighted by atomic mass is 9.82. The summed E-state index contributed by atoms with van der Waals surface area (Å²) in [5.74, 6) is 0. The van der Waals surface area contributed by atoms with Crippen molar-refractivity contribution in [3.63, 3.8) is 0 Å². The van der Waals surface area contributed by atoms with E-state index >= 15 is 0 Å². The van der Waals surface area contributed by atoms with Crippen LogP contribution in [0, 0.1) is 6.92 Å². The fourth-order valence-corrected chi connectivity index (χ4v) is 4.71. The van der Waals surface area contributed by atoms with E-state index in [0.29, 0.717) is 0 Å². The number of nitrogens with zero attached hydrogens (tertiary/aromatic N) is 1. The van der Waals surface area contributed by atoms with E-state index in [-0.39, 0.29) is 5.41 Å². The first-order chi connectivity index (χ1) is 14.4. The van der Waals surface area contributed by atoms with Crippen LogP contribution in [-0.2, 0) is 5.41 Å². The van der Waals surface area contributed by atoms with Crippen LogP contribution in [0.2, 0.25) is 0 Å². The molecule has 0 aromatic heterocycles. The summed E-state index contributed by atoms with van der Waals surface area (Å²) in [6.07, 6.45) is 0. The van der Waals surface area contributed by atoms with Crippen molar-refractivity contribution in [3.05, 3.63) is 108 Å². The Bertz CT molecular complexity index is 1210. The highest BCUT2D eigenvalue weighted by atomic mass is 15.1. The molecule has 0 atom stereocenters. The van der Waals surface area contributed by atoms with E-state index < -0.39 is 0 Å². The molecule has 1 aliphatic carbocycles. The van der Waals surface area contributed by atoms with Crippen LogP contribution < -0.4 is 10.6 Å². The molecule has 0 spiro atoms. The van der Waals surface area contributed by atoms with Crippen LogP contribution in [0.4, 0.5) is 22.7 Å². The second kappa shape index (κ2) is 6.77. The summed E-state index contributed by atoms with van der Waals surface area (Å²) in [6.45, 7) is 6.77. The van der Waals surface area contributed by atoms with E-state index in [1.165, 1.54) is 27.8 Å². The molecule has 0 aliphatic heterocycles. The smallest absolute Gasteiger partial charge is 0.0482 e. The molecule has 0 radical (unpaired) electrons. The topological polar surface area (TPSA) is 29.3 Å². The highest BCUT2D eigenvalue weighted by Crippen LogP contribution is 2.50. The van der Waals surface area contributed by atoms with E-state index in [0.717, 1.165) is 22.7 Å². The molecule has 148 valence electrons. The zero-order chi connectivity index (χ0) is 20.9. The first-order valence-corrected chi connectivity index (χ1v) is 10.4. The molecule has 0 amide bonds. The van der Waals surface area contributed by atoms with Crippen LogP contribution in [0.3, 0.4) is 0 Å². The van der Waals surface area contributed by atoms with Gasteiger partial charge in [0.1, 0.15) is 0 Å². The summed E-state index contributed by atoms with van der Waals surface area (Å²) in [6, 6.07) is 32.3. The maximum absolute atomic E-state index is 6.15. The van der Waals surface area contributed by atoms with Crippen molar-refractivity contribution in [1.29, 1.82) is 0 Å². The first-order valence-electron chi connectivity index (χ1n) is 10.4. The standard InChI is InChI=1S/C28H26N2/c1-19-8-6-10-21(16-19)30(22-11-7-9-20(29)17-22)23-14-15-25-24-12-4-5-13-26(24)28(2,3)27(25)18-23/h4-18H,29H2,1-3H3. The predicted octanol–water partition coefficient (Wildman–Crippen LogP) is 7.35. The third-order valence-corrected chi connectivity index (χ3v) is 6.21. The largest absolute Gasteiger partial charge is 0.399 e. The van der Waals surface area contributed by atoms with Crippen molar-refractivity contribution >= 4 is 22.7 Å². The molecule has 1 aliphatic rings. The Morgan fingerprint density at radius 1 is 0.633 bits per heavy atom. The van der Waals surface area contributed by atoms with E-state index in [9.17, 15) is 0 Å². The molecule has 2 N–H and O–H groups in total. The molecule has 2 heteroatoms. The summed E-state index contributed by atoms with van der Waals surface area (Å²) < 4.78 is 0. The van der Waals surface area contributed by atoms with Gasteiger partial charge in [-0.1, -0.05) is 62.4 Å². The van der Waals surface area contributed by atoms with Gasteiger partial charge >= 0.3 is 0 Å². The van der Waals surface area contributed by atoms with Crippen molar-refractivity contribution < 1.29 is 0 Å². The van der Waals surface area contributed by atoms with Crippen LogP contribution in [-0.4, -0.2) is 0 Å². The minimum atomic E-state index is -0.0318. The molecule has 2 nitrogen and oxygen atoms in total. The molecule has 30 heavy (non-hydrogen) atoms. The fraction of sp³-hybridized carbons (Fsp3) is 0.143. The molecule has 0 saturated carbocycles. The van der Waals surface area contributed by atoms with Gasteiger partial charge in [0.25, 0.3) is 0 Å². The van der Waals surface area contributed by atoms with Crippen molar-refractivity contribution in [2.45, 2.75) is 26.2 Å². The maximum atomic E-state index is 6.15. The highest BCUT2D eigenvalue weighted by molar-refractivity contribution is 5.85. The van der Waals surface area contributed by atoms with Gasteiger partial charge in [-0.15, -0.1) is 0 Å². The monoisotopic (exact) mass is 390 g/mol. The lowest BCUT2D eigenvalue weighted by Crippen LogP contribution is -2.16. The number of nitrogen functional groups attached to an aromatic ring is 1. The van der Waals surface area contributed by atoms with E-state index in [4.69, 9.17) is 5.73 Å². The van der Waals surface area contributed by atoms with Crippen LogP contribution in [0.15, 0.2) is 91.0 Å². The van der Waals surface area contributed by atoms with Crippen molar-refractivity contribution in [1.82, 2.24) is 0 Å². The van der Waals surface area contributed by atoms with Gasteiger partial charge in [-0.25, -0.2) is 0 Å². The number of hydrogen-bond donors (Lipinski definition) is 1. The Morgan fingerprint density at radius 3 is 2.07 bits per heavy atom. The van der Waals surface area contributed by atoms with Crippen molar-refractivity contribution in [2.75, 3.05) is 10.6 Å². The van der Waals surface area contributed by atoms with Gasteiger partial charge in [-0.05, 0) is 77.2 Å². The van der Waals surface area contributed by atoms with Crippen LogP contribution in [0.25, 0.3) is 11.1 Å². The van der Waals surface area contributed by atoms with Crippen molar-refractivity contribution in [3.8, 4) is 11.1 Å². The molecule has 0 bridgehead atoms. The summed E-state index contributed by atoms with van der Waals surface area (Å²) in [5, 5.41) is 0. The Kier molecular flexibility index (Phi) is 4.18. The average molecular weight is 391 g/mol. The summed E-state index contributed by atoms with van der Waals surface area (Å²) in [4.78, 5) is 2.29. The summed E-state index contributed by atoms with van der Waals surface area (Å²) in [7, 11) is 0. The van der Waals surface area contributed by atoms with Gasteiger partial charge in [-0.3, -0.25) is 0 Å². The molecule has 0 heterocycles. The Labute approximate surface area is 178 Å². The Hall–Kier alpha value is -3.52. The average Bonchev–Trinajstić information content (AvgIpc) is 2.96. The number of anilines is 4. The zero-order valence-electron chi connectivity index (χ0n) is 17.7. The normalized spacial score (nSPS) is 13.6. The fourth-order valence-electron chi connectivity index (χ4n) is 4.71. The molecule has 0 unspecified atom stereocenters. The van der Waals surface area contributed by atoms with Gasteiger partial charge < -0.3 is 10.6 Å². The highest BCUT2D eigenvalue weighted by Gasteiger charge is 2.35. The van der Waals surface area contributed by atoms with Gasteiger partial charge in [0, 0.05) is 28.2 Å². The number of benzene rings is 4. The predicted molar refractivity (Wildman–Crippen MR) is 128 cm³/mol. The minimum Gasteiger partial charge on any atom is -0.399 e. The third kappa shape index (κ3) is 2.88. The quantitative estimate of drug-likeness (QED) is 0.370. The first kappa shape index (κ1) is 18.5. The SMILES string of the molecule is Cc1cccc(N(c2cccc(N)c2)c2ccc3c(c2)C(C)(C)c2ccccc2-3)c1. The number of aryl methyl sites for hydroxylation is 1. The number of hydrogen-bond acceptors (Lipinski definition) is 2. The Balaban J connectivity index is 1.71. The van der Waals surface area contributed by atoms with E-state index in [1.807, 2.05) is 18.2 Å². The summed E-state index contributed by atoms with van der Waals surface area (Å²) >= 11 is 0. The minimum absolute atomic E-state index is 0.0318. The van der Waals surface area contributed by atoms with Gasteiger partial charge in [0.05, 0.1) is 0 Å². The van der Waals surface area contributed by atoms with E-state index in [2.05, 4.69) is 98.5 Å². The second-order valence-electron chi connectivity index (χ2n) is 8.67. The lowest BCUT2D eigenvalue weighted by Gasteiger charge is -2.28. The van der Waals surface area contributed by atoms with Gasteiger partial charge in [-0.2, -0.15) is 0 Å². The van der Waals surface area contributed by atoms with Crippen LogP contribution in [0.5, 0.6) is 0 Å². The second-order valence-corrected chi connectivity index (χ2v) is 8.67. The number of rotatable bonds is 3.